The number of benzene rings is 1. The number of ether oxygens (including phenoxy) is 1. The highest BCUT2D eigenvalue weighted by molar-refractivity contribution is 9.10. The number of nitrogens with two attached hydrogens (primary N) is 1. The molecule has 3 N–H and O–H groups in total. The molecule has 0 aliphatic carbocycles. The fourth-order valence-electron chi connectivity index (χ4n) is 0.890. The van der Waals surface area contributed by atoms with E-state index < -0.39 is 0 Å². The second-order valence-corrected chi connectivity index (χ2v) is 3.13. The molecule has 0 fully saturated rings. The van der Waals surface area contributed by atoms with E-state index in [9.17, 15) is 0 Å². The van der Waals surface area contributed by atoms with Crippen molar-refractivity contribution in [3.05, 3.63) is 22.7 Å². The van der Waals surface area contributed by atoms with Crippen molar-refractivity contribution in [2.24, 2.45) is 5.84 Å². The Morgan fingerprint density at radius 3 is 2.92 bits per heavy atom. The lowest BCUT2D eigenvalue weighted by Crippen LogP contribution is -2.08. The minimum Gasteiger partial charge on any atom is -0.492 e. The van der Waals surface area contributed by atoms with Crippen molar-refractivity contribution in [2.75, 3.05) is 12.0 Å². The predicted molar refractivity (Wildman–Crippen MR) is 53.1 cm³/mol. The fraction of sp³-hybridized carbons (Fsp3) is 0.250. The average molecular weight is 231 g/mol. The van der Waals surface area contributed by atoms with Crippen LogP contribution in [-0.4, -0.2) is 6.61 Å². The molecule has 1 aromatic carbocycles. The number of nitrogen functional groups attached to an aromatic ring is 1. The van der Waals surface area contributed by atoms with Crippen molar-refractivity contribution in [1.29, 1.82) is 0 Å². The van der Waals surface area contributed by atoms with Gasteiger partial charge in [0.2, 0.25) is 0 Å². The third kappa shape index (κ3) is 2.12. The predicted octanol–water partition coefficient (Wildman–Crippen LogP) is 2.13. The van der Waals surface area contributed by atoms with Crippen molar-refractivity contribution >= 4 is 21.6 Å². The molecular weight excluding hydrogens is 220 g/mol. The Kier molecular flexibility index (Phi) is 3.37. The minimum atomic E-state index is 0.630. The quantitative estimate of drug-likeness (QED) is 0.618. The van der Waals surface area contributed by atoms with Crippen molar-refractivity contribution in [1.82, 2.24) is 0 Å². The summed E-state index contributed by atoms with van der Waals surface area (Å²) in [5.41, 5.74) is 3.35. The average Bonchev–Trinajstić information content (AvgIpc) is 2.05. The van der Waals surface area contributed by atoms with Crippen molar-refractivity contribution in [2.45, 2.75) is 6.92 Å². The summed E-state index contributed by atoms with van der Waals surface area (Å²) in [6.07, 6.45) is 0. The summed E-state index contributed by atoms with van der Waals surface area (Å²) in [7, 11) is 0. The summed E-state index contributed by atoms with van der Waals surface area (Å²) in [4.78, 5) is 0. The Bertz CT molecular complexity index is 265. The zero-order valence-corrected chi connectivity index (χ0v) is 8.39. The second-order valence-electron chi connectivity index (χ2n) is 2.22. The standard InChI is InChI=1S/C8H11BrN2O/c1-2-12-8-5-6(9)3-4-7(8)11-10/h3-5,11H,2,10H2,1H3. The molecule has 0 amide bonds. The molecule has 1 aromatic rings. The largest absolute Gasteiger partial charge is 0.492 e. The monoisotopic (exact) mass is 230 g/mol. The van der Waals surface area contributed by atoms with E-state index in [-0.39, 0.29) is 0 Å². The van der Waals surface area contributed by atoms with E-state index in [1.54, 1.807) is 0 Å². The summed E-state index contributed by atoms with van der Waals surface area (Å²) < 4.78 is 6.31. The van der Waals surface area contributed by atoms with E-state index in [0.29, 0.717) is 6.61 Å². The molecule has 0 radical (unpaired) electrons. The van der Waals surface area contributed by atoms with E-state index in [1.807, 2.05) is 25.1 Å². The third-order valence-corrected chi connectivity index (χ3v) is 1.89. The third-order valence-electron chi connectivity index (χ3n) is 1.40. The Morgan fingerprint density at radius 2 is 2.33 bits per heavy atom. The molecule has 0 saturated heterocycles. The lowest BCUT2D eigenvalue weighted by molar-refractivity contribution is 0.341. The Balaban J connectivity index is 2.95. The lowest BCUT2D eigenvalue weighted by Gasteiger charge is -2.09. The Labute approximate surface area is 80.0 Å². The normalized spacial score (nSPS) is 9.58. The number of rotatable bonds is 3. The molecule has 0 atom stereocenters. The molecule has 0 aliphatic heterocycles. The number of hydrazine groups is 1. The molecule has 66 valence electrons. The molecular formula is C8H11BrN2O. The van der Waals surface area contributed by atoms with Crippen LogP contribution in [0.2, 0.25) is 0 Å². The van der Waals surface area contributed by atoms with Gasteiger partial charge in [-0.25, -0.2) is 0 Å². The second kappa shape index (κ2) is 4.33. The maximum absolute atomic E-state index is 5.34. The highest BCUT2D eigenvalue weighted by Gasteiger charge is 2.01. The summed E-state index contributed by atoms with van der Waals surface area (Å²) >= 11 is 3.35. The maximum atomic E-state index is 5.34. The number of nitrogens with one attached hydrogen (secondary N) is 1. The Morgan fingerprint density at radius 1 is 1.58 bits per heavy atom. The first-order chi connectivity index (χ1) is 5.77. The fourth-order valence-corrected chi connectivity index (χ4v) is 1.23. The van der Waals surface area contributed by atoms with Gasteiger partial charge in [0, 0.05) is 4.47 Å². The highest BCUT2D eigenvalue weighted by atomic mass is 79.9. The number of halogens is 1. The molecule has 3 nitrogen and oxygen atoms in total. The van der Waals surface area contributed by atoms with Gasteiger partial charge in [-0.3, -0.25) is 5.84 Å². The summed E-state index contributed by atoms with van der Waals surface area (Å²) in [5.74, 6) is 6.04. The van der Waals surface area contributed by atoms with Gasteiger partial charge in [-0.2, -0.15) is 0 Å². The molecule has 0 heterocycles. The highest BCUT2D eigenvalue weighted by Crippen LogP contribution is 2.27. The molecule has 0 saturated carbocycles. The van der Waals surface area contributed by atoms with E-state index >= 15 is 0 Å². The van der Waals surface area contributed by atoms with Crippen LogP contribution >= 0.6 is 15.9 Å². The molecule has 12 heavy (non-hydrogen) atoms. The first-order valence-corrected chi connectivity index (χ1v) is 4.46. The van der Waals surface area contributed by atoms with Crippen LogP contribution in [0, 0.1) is 0 Å². The summed E-state index contributed by atoms with van der Waals surface area (Å²) in [5, 5.41) is 0. The van der Waals surface area contributed by atoms with Crippen LogP contribution in [0.3, 0.4) is 0 Å². The first-order valence-electron chi connectivity index (χ1n) is 3.67. The number of hydrogen-bond acceptors (Lipinski definition) is 3. The zero-order valence-electron chi connectivity index (χ0n) is 6.80. The number of anilines is 1. The smallest absolute Gasteiger partial charge is 0.144 e. The van der Waals surface area contributed by atoms with E-state index in [4.69, 9.17) is 10.6 Å². The maximum Gasteiger partial charge on any atom is 0.144 e. The van der Waals surface area contributed by atoms with Gasteiger partial charge in [0.05, 0.1) is 12.3 Å². The number of hydrogen-bond donors (Lipinski definition) is 2. The van der Waals surface area contributed by atoms with Crippen LogP contribution < -0.4 is 16.0 Å². The molecule has 0 unspecified atom stereocenters. The van der Waals surface area contributed by atoms with Gasteiger partial charge in [-0.15, -0.1) is 0 Å². The van der Waals surface area contributed by atoms with Gasteiger partial charge in [-0.1, -0.05) is 15.9 Å². The van der Waals surface area contributed by atoms with Crippen LogP contribution in [0.1, 0.15) is 6.92 Å². The van der Waals surface area contributed by atoms with Crippen molar-refractivity contribution < 1.29 is 4.74 Å². The van der Waals surface area contributed by atoms with Gasteiger partial charge in [0.25, 0.3) is 0 Å². The van der Waals surface area contributed by atoms with Crippen LogP contribution in [0.15, 0.2) is 22.7 Å². The topological polar surface area (TPSA) is 47.3 Å². The van der Waals surface area contributed by atoms with E-state index in [0.717, 1.165) is 15.9 Å². The molecule has 0 bridgehead atoms. The molecule has 0 aromatic heterocycles. The van der Waals surface area contributed by atoms with Crippen LogP contribution in [-0.2, 0) is 0 Å². The summed E-state index contributed by atoms with van der Waals surface area (Å²) in [6.45, 7) is 2.56. The molecule has 1 rings (SSSR count). The molecule has 0 spiro atoms. The van der Waals surface area contributed by atoms with E-state index in [2.05, 4.69) is 21.4 Å². The van der Waals surface area contributed by atoms with Gasteiger partial charge in [0.15, 0.2) is 0 Å². The van der Waals surface area contributed by atoms with Gasteiger partial charge < -0.3 is 10.2 Å². The zero-order chi connectivity index (χ0) is 8.97. The lowest BCUT2D eigenvalue weighted by atomic mass is 10.3. The van der Waals surface area contributed by atoms with E-state index in [1.165, 1.54) is 0 Å². The van der Waals surface area contributed by atoms with Gasteiger partial charge in [-0.05, 0) is 25.1 Å². The minimum absolute atomic E-state index is 0.630. The SMILES string of the molecule is CCOc1cc(Br)ccc1NN. The van der Waals surface area contributed by atoms with Crippen molar-refractivity contribution in [3.63, 3.8) is 0 Å². The van der Waals surface area contributed by atoms with Crippen LogP contribution in [0.25, 0.3) is 0 Å². The summed E-state index contributed by atoms with van der Waals surface area (Å²) in [6, 6.07) is 5.63. The van der Waals surface area contributed by atoms with Crippen molar-refractivity contribution in [3.8, 4) is 5.75 Å². The first kappa shape index (κ1) is 9.35. The molecule has 4 heteroatoms. The Hall–Kier alpha value is -0.740. The van der Waals surface area contributed by atoms with Crippen LogP contribution in [0.4, 0.5) is 5.69 Å². The van der Waals surface area contributed by atoms with Gasteiger partial charge in [0.1, 0.15) is 5.75 Å². The van der Waals surface area contributed by atoms with Gasteiger partial charge >= 0.3 is 0 Å². The molecule has 0 aliphatic rings. The van der Waals surface area contributed by atoms with Crippen LogP contribution in [0.5, 0.6) is 5.75 Å².